The first-order chi connectivity index (χ1) is 10.3. The molecule has 0 unspecified atom stereocenters. The molecule has 0 aromatic heterocycles. The molecule has 0 spiro atoms. The molecule has 0 radical (unpaired) electrons. The summed E-state index contributed by atoms with van der Waals surface area (Å²) >= 11 is 0. The number of nitrogens with one attached hydrogen (secondary N) is 1. The Morgan fingerprint density at radius 3 is 2.38 bits per heavy atom. The van der Waals surface area contributed by atoms with Gasteiger partial charge in [-0.2, -0.15) is 0 Å². The summed E-state index contributed by atoms with van der Waals surface area (Å²) in [6, 6.07) is 8.36. The Kier molecular flexibility index (Phi) is 6.09. The second-order valence-corrected chi connectivity index (χ2v) is 5.89. The minimum atomic E-state index is 0.187. The van der Waals surface area contributed by atoms with E-state index in [1.54, 1.807) is 0 Å². The fourth-order valence-electron chi connectivity index (χ4n) is 3.13. The molecule has 21 heavy (non-hydrogen) atoms. The lowest BCUT2D eigenvalue weighted by molar-refractivity contribution is 0.0648. The van der Waals surface area contributed by atoms with Crippen LogP contribution in [0.25, 0.3) is 0 Å². The number of benzene rings is 1. The van der Waals surface area contributed by atoms with Crippen LogP contribution in [0.15, 0.2) is 24.3 Å². The smallest absolute Gasteiger partial charge is 0.254 e. The highest BCUT2D eigenvalue weighted by molar-refractivity contribution is 5.94. The second kappa shape index (κ2) is 8.06. The number of nitrogens with zero attached hydrogens (tertiary/aromatic N) is 1. The van der Waals surface area contributed by atoms with Crippen LogP contribution in [0, 0.1) is 0 Å². The van der Waals surface area contributed by atoms with Crippen LogP contribution >= 0.6 is 0 Å². The van der Waals surface area contributed by atoms with E-state index in [1.165, 1.54) is 19.3 Å². The lowest BCUT2D eigenvalue weighted by Crippen LogP contribution is -2.41. The van der Waals surface area contributed by atoms with Gasteiger partial charge in [0.15, 0.2) is 0 Å². The van der Waals surface area contributed by atoms with E-state index in [1.807, 2.05) is 24.3 Å². The molecular weight excluding hydrogens is 260 g/mol. The Labute approximate surface area is 128 Å². The van der Waals surface area contributed by atoms with Gasteiger partial charge >= 0.3 is 0 Å². The van der Waals surface area contributed by atoms with Crippen LogP contribution in [-0.4, -0.2) is 29.9 Å². The van der Waals surface area contributed by atoms with Gasteiger partial charge in [-0.05, 0) is 50.5 Å². The fourth-order valence-corrected chi connectivity index (χ4v) is 3.13. The van der Waals surface area contributed by atoms with Gasteiger partial charge in [0.1, 0.15) is 0 Å². The predicted octanol–water partition coefficient (Wildman–Crippen LogP) is 4.30. The van der Waals surface area contributed by atoms with Crippen molar-refractivity contribution in [2.75, 3.05) is 18.4 Å². The minimum Gasteiger partial charge on any atom is -0.385 e. The highest BCUT2D eigenvalue weighted by Gasteiger charge is 2.24. The molecule has 116 valence electrons. The van der Waals surface area contributed by atoms with Crippen molar-refractivity contribution >= 4 is 11.6 Å². The van der Waals surface area contributed by atoms with Gasteiger partial charge in [0.25, 0.3) is 5.91 Å². The molecule has 2 rings (SSSR count). The topological polar surface area (TPSA) is 32.3 Å². The third-order valence-corrected chi connectivity index (χ3v) is 4.33. The van der Waals surface area contributed by atoms with Crippen molar-refractivity contribution in [3.63, 3.8) is 0 Å². The average Bonchev–Trinajstić information content (AvgIpc) is 2.55. The van der Waals surface area contributed by atoms with Crippen LogP contribution in [0.4, 0.5) is 5.69 Å². The molecule has 1 aromatic rings. The second-order valence-electron chi connectivity index (χ2n) is 5.89. The molecule has 3 nitrogen and oxygen atoms in total. The van der Waals surface area contributed by atoms with Crippen molar-refractivity contribution < 1.29 is 4.79 Å². The molecule has 0 saturated heterocycles. The summed E-state index contributed by atoms with van der Waals surface area (Å²) in [7, 11) is 0. The first-order valence-electron chi connectivity index (χ1n) is 8.41. The summed E-state index contributed by atoms with van der Waals surface area (Å²) in [6.07, 6.45) is 7.26. The molecular formula is C18H28N2O. The van der Waals surface area contributed by atoms with Crippen molar-refractivity contribution in [1.82, 2.24) is 4.90 Å². The number of amides is 1. The van der Waals surface area contributed by atoms with Gasteiger partial charge in [-0.3, -0.25) is 4.79 Å². The monoisotopic (exact) mass is 288 g/mol. The molecule has 0 bridgehead atoms. The van der Waals surface area contributed by atoms with Crippen LogP contribution in [-0.2, 0) is 0 Å². The predicted molar refractivity (Wildman–Crippen MR) is 88.8 cm³/mol. The maximum atomic E-state index is 12.7. The Morgan fingerprint density at radius 1 is 1.14 bits per heavy atom. The lowest BCUT2D eigenvalue weighted by Gasteiger charge is -2.33. The third kappa shape index (κ3) is 4.23. The molecule has 0 heterocycles. The SMILES string of the molecule is CCCNc1ccc(C(=O)N(CC)C2CCCCC2)cc1. The van der Waals surface area contributed by atoms with E-state index >= 15 is 0 Å². The molecule has 3 heteroatoms. The number of carbonyl (C=O) groups excluding carboxylic acids is 1. The van der Waals surface area contributed by atoms with Crippen LogP contribution in [0.5, 0.6) is 0 Å². The van der Waals surface area contributed by atoms with Gasteiger partial charge in [0, 0.05) is 30.4 Å². The molecule has 1 aliphatic carbocycles. The van der Waals surface area contributed by atoms with Crippen LogP contribution in [0.1, 0.15) is 62.7 Å². The van der Waals surface area contributed by atoms with Crippen LogP contribution in [0.2, 0.25) is 0 Å². The van der Waals surface area contributed by atoms with E-state index in [0.717, 1.165) is 43.6 Å². The molecule has 1 fully saturated rings. The van der Waals surface area contributed by atoms with Gasteiger partial charge < -0.3 is 10.2 Å². The first kappa shape index (κ1) is 15.9. The summed E-state index contributed by atoms with van der Waals surface area (Å²) < 4.78 is 0. The maximum absolute atomic E-state index is 12.7. The Balaban J connectivity index is 2.02. The van der Waals surface area contributed by atoms with E-state index < -0.39 is 0 Å². The number of hydrogen-bond donors (Lipinski definition) is 1. The zero-order chi connectivity index (χ0) is 15.1. The quantitative estimate of drug-likeness (QED) is 0.846. The Morgan fingerprint density at radius 2 is 1.81 bits per heavy atom. The normalized spacial score (nSPS) is 15.7. The number of anilines is 1. The fraction of sp³-hybridized carbons (Fsp3) is 0.611. The van der Waals surface area contributed by atoms with E-state index in [2.05, 4.69) is 24.1 Å². The molecule has 0 aliphatic heterocycles. The standard InChI is InChI=1S/C18H28N2O/c1-3-14-19-16-12-10-15(11-13-16)18(21)20(4-2)17-8-6-5-7-9-17/h10-13,17,19H,3-9,14H2,1-2H3. The molecule has 1 aliphatic rings. The van der Waals surface area contributed by atoms with E-state index in [9.17, 15) is 4.79 Å². The van der Waals surface area contributed by atoms with E-state index in [4.69, 9.17) is 0 Å². The molecule has 0 atom stereocenters. The zero-order valence-corrected chi connectivity index (χ0v) is 13.4. The van der Waals surface area contributed by atoms with Gasteiger partial charge in [0.05, 0.1) is 0 Å². The molecule has 1 amide bonds. The highest BCUT2D eigenvalue weighted by atomic mass is 16.2. The van der Waals surface area contributed by atoms with E-state index in [-0.39, 0.29) is 5.91 Å². The van der Waals surface area contributed by atoms with Gasteiger partial charge in [0.2, 0.25) is 0 Å². The molecule has 1 aromatic carbocycles. The van der Waals surface area contributed by atoms with Gasteiger partial charge in [-0.15, -0.1) is 0 Å². The number of hydrogen-bond acceptors (Lipinski definition) is 2. The molecule has 1 N–H and O–H groups in total. The number of carbonyl (C=O) groups is 1. The maximum Gasteiger partial charge on any atom is 0.254 e. The van der Waals surface area contributed by atoms with Gasteiger partial charge in [-0.1, -0.05) is 26.2 Å². The third-order valence-electron chi connectivity index (χ3n) is 4.33. The first-order valence-corrected chi connectivity index (χ1v) is 8.41. The largest absolute Gasteiger partial charge is 0.385 e. The molecule has 1 saturated carbocycles. The van der Waals surface area contributed by atoms with Crippen molar-refractivity contribution in [3.05, 3.63) is 29.8 Å². The average molecular weight is 288 g/mol. The van der Waals surface area contributed by atoms with Crippen molar-refractivity contribution in [2.45, 2.75) is 58.4 Å². The van der Waals surface area contributed by atoms with Crippen molar-refractivity contribution in [2.24, 2.45) is 0 Å². The van der Waals surface area contributed by atoms with Crippen LogP contribution < -0.4 is 5.32 Å². The summed E-state index contributed by atoms with van der Waals surface area (Å²) in [5.41, 5.74) is 1.90. The Bertz CT molecular complexity index is 435. The zero-order valence-electron chi connectivity index (χ0n) is 13.4. The lowest BCUT2D eigenvalue weighted by atomic mass is 9.93. The summed E-state index contributed by atoms with van der Waals surface area (Å²) in [4.78, 5) is 14.8. The Hall–Kier alpha value is -1.51. The van der Waals surface area contributed by atoms with Crippen LogP contribution in [0.3, 0.4) is 0 Å². The van der Waals surface area contributed by atoms with Crippen molar-refractivity contribution in [3.8, 4) is 0 Å². The highest BCUT2D eigenvalue weighted by Crippen LogP contribution is 2.24. The summed E-state index contributed by atoms with van der Waals surface area (Å²) in [5, 5.41) is 3.34. The van der Waals surface area contributed by atoms with E-state index in [0.29, 0.717) is 6.04 Å². The summed E-state index contributed by atoms with van der Waals surface area (Å²) in [5.74, 6) is 0.187. The van der Waals surface area contributed by atoms with Gasteiger partial charge in [-0.25, -0.2) is 0 Å². The minimum absolute atomic E-state index is 0.187. The summed E-state index contributed by atoms with van der Waals surface area (Å²) in [6.45, 7) is 6.01. The number of rotatable bonds is 6. The van der Waals surface area contributed by atoms with Crippen molar-refractivity contribution in [1.29, 1.82) is 0 Å².